The van der Waals surface area contributed by atoms with Crippen LogP contribution in [0.3, 0.4) is 0 Å². The van der Waals surface area contributed by atoms with E-state index in [-0.39, 0.29) is 11.5 Å². The second-order valence-corrected chi connectivity index (χ2v) is 8.53. The van der Waals surface area contributed by atoms with Crippen molar-refractivity contribution in [3.05, 3.63) is 106 Å². The predicted octanol–water partition coefficient (Wildman–Crippen LogP) is 5.95. The van der Waals surface area contributed by atoms with Gasteiger partial charge in [-0.15, -0.1) is 0 Å². The number of nitrogens with zero attached hydrogens (tertiary/aromatic N) is 3. The molecule has 0 aliphatic heterocycles. The minimum atomic E-state index is -0.408. The lowest BCUT2D eigenvalue weighted by Gasteiger charge is -2.29. The average molecular weight is 454 g/mol. The lowest BCUT2D eigenvalue weighted by molar-refractivity contribution is 0.0693. The Morgan fingerprint density at radius 1 is 0.941 bits per heavy atom. The van der Waals surface area contributed by atoms with Crippen molar-refractivity contribution in [2.75, 3.05) is 6.54 Å². The zero-order valence-corrected chi connectivity index (χ0v) is 20.1. The smallest absolute Gasteiger partial charge is 0.266 e. The van der Waals surface area contributed by atoms with Gasteiger partial charge in [0.05, 0.1) is 22.6 Å². The first-order valence-electron chi connectivity index (χ1n) is 12.0. The van der Waals surface area contributed by atoms with Crippen molar-refractivity contribution >= 4 is 16.8 Å². The van der Waals surface area contributed by atoms with Crippen LogP contribution in [0, 0.1) is 0 Å². The number of benzene rings is 3. The van der Waals surface area contributed by atoms with E-state index in [1.54, 1.807) is 15.5 Å². The third-order valence-electron chi connectivity index (χ3n) is 6.28. The highest BCUT2D eigenvalue weighted by Crippen LogP contribution is 2.24. The summed E-state index contributed by atoms with van der Waals surface area (Å²) < 4.78 is 1.64. The largest absolute Gasteiger partial charge is 0.329 e. The van der Waals surface area contributed by atoms with Gasteiger partial charge in [-0.05, 0) is 68.7 Å². The molecule has 1 aromatic heterocycles. The van der Waals surface area contributed by atoms with Crippen LogP contribution in [0.4, 0.5) is 0 Å². The van der Waals surface area contributed by atoms with E-state index in [0.29, 0.717) is 28.8 Å². The van der Waals surface area contributed by atoms with Gasteiger partial charge in [0.25, 0.3) is 11.5 Å². The normalized spacial score (nSPS) is 12.0. The van der Waals surface area contributed by atoms with Crippen LogP contribution in [0.25, 0.3) is 16.6 Å². The lowest BCUT2D eigenvalue weighted by Crippen LogP contribution is -2.37. The number of amides is 1. The molecule has 5 nitrogen and oxygen atoms in total. The molecule has 0 aliphatic carbocycles. The van der Waals surface area contributed by atoms with E-state index in [2.05, 4.69) is 6.92 Å². The highest BCUT2D eigenvalue weighted by Gasteiger charge is 2.26. The number of aryl methyl sites for hydroxylation is 1. The predicted molar refractivity (Wildman–Crippen MR) is 138 cm³/mol. The Balaban J connectivity index is 1.76. The van der Waals surface area contributed by atoms with E-state index >= 15 is 0 Å². The van der Waals surface area contributed by atoms with Crippen LogP contribution in [0.2, 0.25) is 0 Å². The van der Waals surface area contributed by atoms with Gasteiger partial charge in [0.15, 0.2) is 0 Å². The summed E-state index contributed by atoms with van der Waals surface area (Å²) in [6.45, 7) is 6.56. The van der Waals surface area contributed by atoms with Crippen LogP contribution in [0.15, 0.2) is 83.7 Å². The standard InChI is InChI=1S/C29H31N3O2/c1-4-6-12-22-17-19-23(20-18-22)28(33)31(5-2)21(3)27-30-26-16-11-10-15-25(26)29(34)32(27)24-13-8-7-9-14-24/h7-11,13-21H,4-6,12H2,1-3H3. The topological polar surface area (TPSA) is 55.2 Å². The third-order valence-corrected chi connectivity index (χ3v) is 6.28. The lowest BCUT2D eigenvalue weighted by atomic mass is 10.1. The first-order chi connectivity index (χ1) is 16.5. The number of carbonyl (C=O) groups excluding carboxylic acids is 1. The molecule has 4 rings (SSSR count). The number of carbonyl (C=O) groups is 1. The minimum absolute atomic E-state index is 0.0703. The zero-order valence-electron chi connectivity index (χ0n) is 20.1. The van der Waals surface area contributed by atoms with Crippen molar-refractivity contribution in [3.8, 4) is 5.69 Å². The van der Waals surface area contributed by atoms with Crippen LogP contribution in [-0.4, -0.2) is 26.9 Å². The number of rotatable bonds is 8. The molecule has 1 heterocycles. The van der Waals surface area contributed by atoms with Crippen LogP contribution in [-0.2, 0) is 6.42 Å². The van der Waals surface area contributed by atoms with Gasteiger partial charge in [-0.3, -0.25) is 14.2 Å². The molecular formula is C29H31N3O2. The van der Waals surface area contributed by atoms with Gasteiger partial charge in [0.1, 0.15) is 5.82 Å². The SMILES string of the molecule is CCCCc1ccc(C(=O)N(CC)C(C)c2nc3ccccc3c(=O)n2-c2ccccc2)cc1. The molecule has 0 saturated heterocycles. The fraction of sp³-hybridized carbons (Fsp3) is 0.276. The summed E-state index contributed by atoms with van der Waals surface area (Å²) in [7, 11) is 0. The first-order valence-corrected chi connectivity index (χ1v) is 12.0. The van der Waals surface area contributed by atoms with Gasteiger partial charge < -0.3 is 4.90 Å². The molecule has 0 fully saturated rings. The third kappa shape index (κ3) is 4.65. The second-order valence-electron chi connectivity index (χ2n) is 8.53. The second kappa shape index (κ2) is 10.5. The Labute approximate surface area is 200 Å². The summed E-state index contributed by atoms with van der Waals surface area (Å²) in [6.07, 6.45) is 3.29. The number of fused-ring (bicyclic) bond motifs is 1. The number of hydrogen-bond acceptors (Lipinski definition) is 3. The van der Waals surface area contributed by atoms with Gasteiger partial charge in [0, 0.05) is 12.1 Å². The molecule has 1 unspecified atom stereocenters. The molecular weight excluding hydrogens is 422 g/mol. The van der Waals surface area contributed by atoms with Crippen LogP contribution in [0.5, 0.6) is 0 Å². The summed E-state index contributed by atoms with van der Waals surface area (Å²) in [5, 5.41) is 0.555. The Morgan fingerprint density at radius 3 is 2.29 bits per heavy atom. The highest BCUT2D eigenvalue weighted by atomic mass is 16.2. The number of para-hydroxylation sites is 2. The molecule has 0 saturated carbocycles. The van der Waals surface area contributed by atoms with Crippen LogP contribution < -0.4 is 5.56 Å². The molecule has 1 amide bonds. The van der Waals surface area contributed by atoms with Crippen molar-refractivity contribution < 1.29 is 4.79 Å². The van der Waals surface area contributed by atoms with Crippen molar-refractivity contribution in [1.82, 2.24) is 14.5 Å². The fourth-order valence-electron chi connectivity index (χ4n) is 4.35. The molecule has 0 bridgehead atoms. The summed E-state index contributed by atoms with van der Waals surface area (Å²) in [5.74, 6) is 0.476. The molecule has 4 aromatic rings. The van der Waals surface area contributed by atoms with Crippen molar-refractivity contribution in [2.45, 2.75) is 46.1 Å². The molecule has 34 heavy (non-hydrogen) atoms. The zero-order chi connectivity index (χ0) is 24.1. The van der Waals surface area contributed by atoms with E-state index in [1.807, 2.05) is 86.6 Å². The van der Waals surface area contributed by atoms with E-state index in [0.717, 1.165) is 24.9 Å². The van der Waals surface area contributed by atoms with Gasteiger partial charge in [-0.25, -0.2) is 4.98 Å². The summed E-state index contributed by atoms with van der Waals surface area (Å²) >= 11 is 0. The van der Waals surface area contributed by atoms with Crippen molar-refractivity contribution in [2.24, 2.45) is 0 Å². The first kappa shape index (κ1) is 23.4. The minimum Gasteiger partial charge on any atom is -0.329 e. The molecule has 3 aromatic carbocycles. The van der Waals surface area contributed by atoms with Crippen molar-refractivity contribution in [3.63, 3.8) is 0 Å². The average Bonchev–Trinajstić information content (AvgIpc) is 2.88. The Bertz CT molecular complexity index is 1330. The summed E-state index contributed by atoms with van der Waals surface area (Å²) in [6, 6.07) is 24.3. The number of unbranched alkanes of at least 4 members (excludes halogenated alkanes) is 1. The monoisotopic (exact) mass is 453 g/mol. The van der Waals surface area contributed by atoms with E-state index in [9.17, 15) is 9.59 Å². The molecule has 0 aliphatic rings. The van der Waals surface area contributed by atoms with Crippen LogP contribution in [0.1, 0.15) is 61.4 Å². The molecule has 0 spiro atoms. The Kier molecular flexibility index (Phi) is 7.21. The summed E-state index contributed by atoms with van der Waals surface area (Å²) in [5.41, 5.74) is 3.11. The summed E-state index contributed by atoms with van der Waals surface area (Å²) in [4.78, 5) is 33.7. The van der Waals surface area contributed by atoms with Crippen molar-refractivity contribution in [1.29, 1.82) is 0 Å². The highest BCUT2D eigenvalue weighted by molar-refractivity contribution is 5.94. The number of hydrogen-bond donors (Lipinski definition) is 0. The fourth-order valence-corrected chi connectivity index (χ4v) is 4.35. The molecule has 5 heteroatoms. The van der Waals surface area contributed by atoms with E-state index < -0.39 is 6.04 Å². The maximum absolute atomic E-state index is 13.5. The Hall–Kier alpha value is -3.73. The van der Waals surface area contributed by atoms with Crippen LogP contribution >= 0.6 is 0 Å². The Morgan fingerprint density at radius 2 is 1.62 bits per heavy atom. The quantitative estimate of drug-likeness (QED) is 0.331. The van der Waals surface area contributed by atoms with Gasteiger partial charge in [-0.2, -0.15) is 0 Å². The molecule has 174 valence electrons. The van der Waals surface area contributed by atoms with Gasteiger partial charge in [0.2, 0.25) is 0 Å². The number of aromatic nitrogens is 2. The molecule has 0 N–H and O–H groups in total. The molecule has 1 atom stereocenters. The van der Waals surface area contributed by atoms with E-state index in [4.69, 9.17) is 4.98 Å². The maximum atomic E-state index is 13.5. The van der Waals surface area contributed by atoms with Gasteiger partial charge in [-0.1, -0.05) is 55.8 Å². The maximum Gasteiger partial charge on any atom is 0.266 e. The molecule has 0 radical (unpaired) electrons. The van der Waals surface area contributed by atoms with E-state index in [1.165, 1.54) is 5.56 Å². The van der Waals surface area contributed by atoms with Gasteiger partial charge >= 0.3 is 0 Å².